The van der Waals surface area contributed by atoms with Gasteiger partial charge in [0.2, 0.25) is 5.69 Å². The lowest BCUT2D eigenvalue weighted by molar-refractivity contribution is -0.438. The molecule has 0 radical (unpaired) electrons. The van der Waals surface area contributed by atoms with Gasteiger partial charge in [-0.2, -0.15) is 13.0 Å². The van der Waals surface area contributed by atoms with Crippen molar-refractivity contribution >= 4 is 54.7 Å². The van der Waals surface area contributed by atoms with Crippen molar-refractivity contribution < 1.29 is 27.4 Å². The lowest BCUT2D eigenvalue weighted by Gasteiger charge is -2.27. The molecule has 0 spiro atoms. The standard InChI is InChI=1S/C45H50N2O5S/c1-6-7-30-46-36-28-26-32-19-15-16-20-33(32)42(36)44(2,3)39(46)23-12-9-8-10-13-24-40-45(4,5)43-35-21-18-22-38(53(50,51)52)34(35)27-29-37(43)47(40)31-17-11-14-25-41(48)49/h8-10,12-13,15-16,18-24,26-29H,6-7,11,14,17,25,30-31H2,1-5H3,(H-,48,49,50,51,52)/p+1. The van der Waals surface area contributed by atoms with Gasteiger partial charge in [-0.1, -0.05) is 100 Å². The minimum absolute atomic E-state index is 0.103. The molecule has 0 fully saturated rings. The fraction of sp³-hybridized carbons (Fsp3) is 0.333. The molecule has 0 bridgehead atoms. The van der Waals surface area contributed by atoms with Crippen molar-refractivity contribution in [3.8, 4) is 0 Å². The van der Waals surface area contributed by atoms with Crippen LogP contribution < -0.4 is 4.90 Å². The Hall–Kier alpha value is -4.79. The van der Waals surface area contributed by atoms with E-state index in [0.29, 0.717) is 18.4 Å². The van der Waals surface area contributed by atoms with Crippen LogP contribution in [-0.4, -0.2) is 47.4 Å². The van der Waals surface area contributed by atoms with E-state index in [9.17, 15) is 17.8 Å². The minimum Gasteiger partial charge on any atom is -0.481 e. The van der Waals surface area contributed by atoms with Gasteiger partial charge in [0.1, 0.15) is 11.4 Å². The largest absolute Gasteiger partial charge is 0.481 e. The number of fused-ring (bicyclic) bond motifs is 6. The first kappa shape index (κ1) is 38.0. The predicted octanol–water partition coefficient (Wildman–Crippen LogP) is 10.4. The van der Waals surface area contributed by atoms with Gasteiger partial charge in [-0.15, -0.1) is 0 Å². The maximum absolute atomic E-state index is 12.3. The maximum atomic E-state index is 12.3. The fourth-order valence-electron chi connectivity index (χ4n) is 8.36. The lowest BCUT2D eigenvalue weighted by atomic mass is 9.79. The predicted molar refractivity (Wildman–Crippen MR) is 217 cm³/mol. The Morgan fingerprint density at radius 2 is 1.51 bits per heavy atom. The number of carboxylic acid groups (broad SMARTS) is 1. The van der Waals surface area contributed by atoms with Crippen LogP contribution >= 0.6 is 0 Å². The second-order valence-corrected chi connectivity index (χ2v) is 16.5. The first-order valence-electron chi connectivity index (χ1n) is 18.7. The van der Waals surface area contributed by atoms with Crippen LogP contribution in [-0.2, 0) is 25.7 Å². The van der Waals surface area contributed by atoms with Gasteiger partial charge in [-0.25, -0.2) is 0 Å². The maximum Gasteiger partial charge on any atom is 0.303 e. The number of unbranched alkanes of at least 4 members (excludes halogenated alkanes) is 3. The van der Waals surface area contributed by atoms with E-state index in [4.69, 9.17) is 5.11 Å². The fourth-order valence-corrected chi connectivity index (χ4v) is 9.07. The monoisotopic (exact) mass is 731 g/mol. The number of nitrogens with zero attached hydrogens (tertiary/aromatic N) is 2. The smallest absolute Gasteiger partial charge is 0.303 e. The Bertz CT molecular complexity index is 2330. The highest BCUT2D eigenvalue weighted by Gasteiger charge is 2.46. The molecule has 53 heavy (non-hydrogen) atoms. The average Bonchev–Trinajstić information content (AvgIpc) is 3.47. The van der Waals surface area contributed by atoms with Crippen molar-refractivity contribution in [1.82, 2.24) is 0 Å². The summed E-state index contributed by atoms with van der Waals surface area (Å²) < 4.78 is 36.8. The molecule has 2 N–H and O–H groups in total. The van der Waals surface area contributed by atoms with Crippen LogP contribution in [0.1, 0.15) is 84.3 Å². The van der Waals surface area contributed by atoms with Crippen molar-refractivity contribution in [2.24, 2.45) is 0 Å². The summed E-state index contributed by atoms with van der Waals surface area (Å²) in [5.74, 6) is -0.787. The Balaban J connectivity index is 1.28. The normalized spacial score (nSPS) is 17.4. The third-order valence-corrected chi connectivity index (χ3v) is 11.8. The van der Waals surface area contributed by atoms with Gasteiger partial charge in [-0.3, -0.25) is 9.35 Å². The number of carbonyl (C=O) groups is 1. The molecule has 4 aromatic rings. The van der Waals surface area contributed by atoms with E-state index in [1.807, 2.05) is 30.4 Å². The molecule has 2 aliphatic heterocycles. The first-order valence-corrected chi connectivity index (χ1v) is 20.1. The van der Waals surface area contributed by atoms with E-state index >= 15 is 0 Å². The van der Waals surface area contributed by atoms with Crippen LogP contribution in [0.2, 0.25) is 0 Å². The van der Waals surface area contributed by atoms with Crippen LogP contribution in [0.25, 0.3) is 21.5 Å². The summed E-state index contributed by atoms with van der Waals surface area (Å²) in [5.41, 5.74) is 6.40. The quantitative estimate of drug-likeness (QED) is 0.0580. The summed E-state index contributed by atoms with van der Waals surface area (Å²) in [5, 5.41) is 13.0. The molecule has 276 valence electrons. The number of hydrogen-bond acceptors (Lipinski definition) is 4. The summed E-state index contributed by atoms with van der Waals surface area (Å²) in [7, 11) is -4.41. The van der Waals surface area contributed by atoms with E-state index < -0.39 is 21.5 Å². The molecule has 0 aliphatic carbocycles. The molecule has 0 aromatic heterocycles. The van der Waals surface area contributed by atoms with Gasteiger partial charge in [0.15, 0.2) is 5.71 Å². The molecular weight excluding hydrogens is 681 g/mol. The summed E-state index contributed by atoms with van der Waals surface area (Å²) in [6, 6.07) is 21.9. The van der Waals surface area contributed by atoms with E-state index in [2.05, 4.69) is 105 Å². The molecule has 0 saturated carbocycles. The van der Waals surface area contributed by atoms with Crippen LogP contribution in [0, 0.1) is 0 Å². The minimum atomic E-state index is -4.41. The van der Waals surface area contributed by atoms with E-state index in [-0.39, 0.29) is 16.7 Å². The average molecular weight is 732 g/mol. The number of benzene rings is 4. The van der Waals surface area contributed by atoms with Gasteiger partial charge in [0, 0.05) is 59.3 Å². The highest BCUT2D eigenvalue weighted by Crippen LogP contribution is 2.51. The van der Waals surface area contributed by atoms with Crippen molar-refractivity contribution in [1.29, 1.82) is 0 Å². The summed E-state index contributed by atoms with van der Waals surface area (Å²) in [6.07, 6.45) is 19.3. The zero-order valence-corrected chi connectivity index (χ0v) is 32.3. The Morgan fingerprint density at radius 3 is 2.26 bits per heavy atom. The molecule has 6 rings (SSSR count). The highest BCUT2D eigenvalue weighted by atomic mass is 32.2. The van der Waals surface area contributed by atoms with E-state index in [1.165, 1.54) is 33.8 Å². The molecule has 8 heteroatoms. The molecule has 0 saturated heterocycles. The Morgan fingerprint density at radius 1 is 0.774 bits per heavy atom. The summed E-state index contributed by atoms with van der Waals surface area (Å²) >= 11 is 0. The number of aliphatic carboxylic acids is 1. The molecule has 0 amide bonds. The topological polar surface area (TPSA) is 97.9 Å². The van der Waals surface area contributed by atoms with E-state index in [1.54, 1.807) is 12.1 Å². The van der Waals surface area contributed by atoms with Gasteiger partial charge < -0.3 is 10.0 Å². The number of hydrogen-bond donors (Lipinski definition) is 2. The summed E-state index contributed by atoms with van der Waals surface area (Å²) in [6.45, 7) is 12.8. The molecule has 4 aromatic carbocycles. The molecule has 0 atom stereocenters. The van der Waals surface area contributed by atoms with Crippen molar-refractivity contribution in [2.45, 2.75) is 88.9 Å². The van der Waals surface area contributed by atoms with Crippen LogP contribution in [0.4, 0.5) is 11.4 Å². The molecule has 2 heterocycles. The molecule has 7 nitrogen and oxygen atoms in total. The second-order valence-electron chi connectivity index (χ2n) is 15.1. The SMILES string of the molecule is CCCCN1C(=CC=CC=CC=CC2=[N+](CCCCCC(=O)O)c3ccc4c(S(=O)(=O)O)cccc4c3C2(C)C)C(C)(C)c2c1ccc1ccccc21. The zero-order valence-electron chi connectivity index (χ0n) is 31.5. The second kappa shape index (κ2) is 15.3. The highest BCUT2D eigenvalue weighted by molar-refractivity contribution is 7.86. The number of rotatable bonds is 14. The molecule has 2 aliphatic rings. The first-order chi connectivity index (χ1) is 25.3. The van der Waals surface area contributed by atoms with Gasteiger partial charge >= 0.3 is 5.97 Å². The van der Waals surface area contributed by atoms with Crippen molar-refractivity contribution in [3.05, 3.63) is 126 Å². The molecule has 0 unspecified atom stereocenters. The van der Waals surface area contributed by atoms with Gasteiger partial charge in [-0.05, 0) is 79.1 Å². The van der Waals surface area contributed by atoms with Crippen LogP contribution in [0.5, 0.6) is 0 Å². The third kappa shape index (κ3) is 7.40. The lowest BCUT2D eigenvalue weighted by Crippen LogP contribution is -2.28. The summed E-state index contributed by atoms with van der Waals surface area (Å²) in [4.78, 5) is 13.5. The third-order valence-electron chi connectivity index (χ3n) is 10.8. The van der Waals surface area contributed by atoms with E-state index in [0.717, 1.165) is 54.6 Å². The Labute approximate surface area is 314 Å². The van der Waals surface area contributed by atoms with Gasteiger partial charge in [0.25, 0.3) is 10.1 Å². The van der Waals surface area contributed by atoms with Crippen molar-refractivity contribution in [3.63, 3.8) is 0 Å². The number of allylic oxidation sites excluding steroid dienone is 8. The number of anilines is 1. The van der Waals surface area contributed by atoms with Gasteiger partial charge in [0.05, 0.1) is 5.41 Å². The molecular formula is C45H51N2O5S+. The van der Waals surface area contributed by atoms with Crippen molar-refractivity contribution in [2.75, 3.05) is 18.0 Å². The zero-order chi connectivity index (χ0) is 38.0. The van der Waals surface area contributed by atoms with Crippen LogP contribution in [0.3, 0.4) is 0 Å². The van der Waals surface area contributed by atoms with Crippen LogP contribution in [0.15, 0.2) is 120 Å². The number of carboxylic acids is 1. The Kier molecular flexibility index (Phi) is 10.9.